The molecule has 1 atom stereocenters. The molecule has 0 saturated heterocycles. The van der Waals surface area contributed by atoms with Gasteiger partial charge in [-0.25, -0.2) is 8.42 Å². The number of carbonyl (C=O) groups is 1. The first kappa shape index (κ1) is 17.5. The molecule has 1 unspecified atom stereocenters. The average Bonchev–Trinajstić information content (AvgIpc) is 2.61. The number of hydrogen-bond donors (Lipinski definition) is 0. The minimum absolute atomic E-state index is 0.103. The maximum absolute atomic E-state index is 13.0. The van der Waals surface area contributed by atoms with E-state index in [1.54, 1.807) is 24.1 Å². The van der Waals surface area contributed by atoms with Crippen molar-refractivity contribution in [3.05, 3.63) is 59.2 Å². The summed E-state index contributed by atoms with van der Waals surface area (Å²) in [5.74, 6) is 0.602. The van der Waals surface area contributed by atoms with Crippen LogP contribution in [0.1, 0.15) is 34.5 Å². The highest BCUT2D eigenvalue weighted by Gasteiger charge is 2.29. The molecule has 1 heterocycles. The van der Waals surface area contributed by atoms with Gasteiger partial charge in [0.2, 0.25) is 0 Å². The standard InChI is InChI=1S/C19H21NO4S/c1-13-18-12-16(24-2)8-7-14(18)9-10-20(13)19(21)15-5-4-6-17(11-15)25(3,22)23/h4-8,11-13H,9-10H2,1-3H3. The Labute approximate surface area is 148 Å². The van der Waals surface area contributed by atoms with Crippen molar-refractivity contribution >= 4 is 15.7 Å². The van der Waals surface area contributed by atoms with Crippen LogP contribution in [-0.2, 0) is 16.3 Å². The summed E-state index contributed by atoms with van der Waals surface area (Å²) in [4.78, 5) is 14.9. The number of ether oxygens (including phenoxy) is 1. The number of carbonyl (C=O) groups excluding carboxylic acids is 1. The Bertz CT molecular complexity index is 921. The molecule has 0 saturated carbocycles. The highest BCUT2D eigenvalue weighted by atomic mass is 32.2. The topological polar surface area (TPSA) is 63.7 Å². The summed E-state index contributed by atoms with van der Waals surface area (Å²) in [6, 6.07) is 12.0. The lowest BCUT2D eigenvalue weighted by molar-refractivity contribution is 0.0677. The third kappa shape index (κ3) is 3.39. The van der Waals surface area contributed by atoms with Crippen molar-refractivity contribution in [3.63, 3.8) is 0 Å². The molecule has 0 fully saturated rings. The highest BCUT2D eigenvalue weighted by Crippen LogP contribution is 2.33. The molecule has 0 radical (unpaired) electrons. The van der Waals surface area contributed by atoms with E-state index in [2.05, 4.69) is 0 Å². The highest BCUT2D eigenvalue weighted by molar-refractivity contribution is 7.90. The molecule has 2 aromatic carbocycles. The molecule has 1 amide bonds. The first-order valence-corrected chi connectivity index (χ1v) is 9.98. The predicted octanol–water partition coefficient (Wildman–Crippen LogP) is 2.86. The third-order valence-electron chi connectivity index (χ3n) is 4.66. The first-order valence-electron chi connectivity index (χ1n) is 8.09. The summed E-state index contributed by atoms with van der Waals surface area (Å²) in [5, 5.41) is 0. The Morgan fingerprint density at radius 3 is 2.64 bits per heavy atom. The maximum atomic E-state index is 13.0. The molecular weight excluding hydrogens is 338 g/mol. The van der Waals surface area contributed by atoms with Crippen LogP contribution in [0.3, 0.4) is 0 Å². The van der Waals surface area contributed by atoms with E-state index in [9.17, 15) is 13.2 Å². The molecule has 0 bridgehead atoms. The Balaban J connectivity index is 1.93. The van der Waals surface area contributed by atoms with E-state index < -0.39 is 9.84 Å². The van der Waals surface area contributed by atoms with Crippen LogP contribution in [0.5, 0.6) is 5.75 Å². The normalized spacial score (nSPS) is 17.1. The molecule has 0 spiro atoms. The van der Waals surface area contributed by atoms with Gasteiger partial charge in [0.15, 0.2) is 9.84 Å². The number of fused-ring (bicyclic) bond motifs is 1. The SMILES string of the molecule is COc1ccc2c(c1)C(C)N(C(=O)c1cccc(S(C)(=O)=O)c1)CC2. The lowest BCUT2D eigenvalue weighted by atomic mass is 9.92. The summed E-state index contributed by atoms with van der Waals surface area (Å²) < 4.78 is 28.8. The van der Waals surface area contributed by atoms with E-state index in [4.69, 9.17) is 4.74 Å². The molecule has 0 N–H and O–H groups in total. The van der Waals surface area contributed by atoms with E-state index in [1.807, 2.05) is 25.1 Å². The van der Waals surface area contributed by atoms with Crippen LogP contribution in [-0.4, -0.2) is 39.1 Å². The van der Waals surface area contributed by atoms with Gasteiger partial charge >= 0.3 is 0 Å². The van der Waals surface area contributed by atoms with Gasteiger partial charge < -0.3 is 9.64 Å². The third-order valence-corrected chi connectivity index (χ3v) is 5.77. The Morgan fingerprint density at radius 1 is 1.20 bits per heavy atom. The Kier molecular flexibility index (Phi) is 4.56. The lowest BCUT2D eigenvalue weighted by Crippen LogP contribution is -2.38. The molecule has 3 rings (SSSR count). The zero-order valence-electron chi connectivity index (χ0n) is 14.5. The van der Waals surface area contributed by atoms with Crippen molar-refractivity contribution in [2.45, 2.75) is 24.3 Å². The van der Waals surface area contributed by atoms with Gasteiger partial charge in [0.05, 0.1) is 18.0 Å². The van der Waals surface area contributed by atoms with Crippen molar-refractivity contribution in [2.24, 2.45) is 0 Å². The largest absolute Gasteiger partial charge is 0.497 e. The van der Waals surface area contributed by atoms with Crippen LogP contribution in [0.2, 0.25) is 0 Å². The van der Waals surface area contributed by atoms with Gasteiger partial charge in [-0.2, -0.15) is 0 Å². The molecule has 132 valence electrons. The monoisotopic (exact) mass is 359 g/mol. The number of amides is 1. The smallest absolute Gasteiger partial charge is 0.254 e. The summed E-state index contributed by atoms with van der Waals surface area (Å²) >= 11 is 0. The molecule has 2 aromatic rings. The van der Waals surface area contributed by atoms with Crippen molar-refractivity contribution in [2.75, 3.05) is 19.9 Å². The number of methoxy groups -OCH3 is 1. The van der Waals surface area contributed by atoms with Gasteiger partial charge in [0.1, 0.15) is 5.75 Å². The van der Waals surface area contributed by atoms with Crippen LogP contribution >= 0.6 is 0 Å². The Hall–Kier alpha value is -2.34. The van der Waals surface area contributed by atoms with Gasteiger partial charge in [-0.15, -0.1) is 0 Å². The molecule has 25 heavy (non-hydrogen) atoms. The fourth-order valence-corrected chi connectivity index (χ4v) is 3.89. The molecule has 0 aromatic heterocycles. The van der Waals surface area contributed by atoms with Gasteiger partial charge in [-0.05, 0) is 54.8 Å². The van der Waals surface area contributed by atoms with E-state index >= 15 is 0 Å². The fourth-order valence-electron chi connectivity index (χ4n) is 3.22. The van der Waals surface area contributed by atoms with E-state index in [0.717, 1.165) is 24.0 Å². The lowest BCUT2D eigenvalue weighted by Gasteiger charge is -2.35. The average molecular weight is 359 g/mol. The minimum atomic E-state index is -3.35. The zero-order valence-corrected chi connectivity index (χ0v) is 15.3. The van der Waals surface area contributed by atoms with E-state index in [0.29, 0.717) is 12.1 Å². The number of hydrogen-bond acceptors (Lipinski definition) is 4. The van der Waals surface area contributed by atoms with Crippen molar-refractivity contribution < 1.29 is 17.9 Å². The van der Waals surface area contributed by atoms with E-state index in [-0.39, 0.29) is 16.8 Å². The van der Waals surface area contributed by atoms with Gasteiger partial charge in [-0.3, -0.25) is 4.79 Å². The Morgan fingerprint density at radius 2 is 1.96 bits per heavy atom. The van der Waals surface area contributed by atoms with Gasteiger partial charge in [0, 0.05) is 18.4 Å². The molecule has 0 aliphatic carbocycles. The summed E-state index contributed by atoms with van der Waals surface area (Å²) in [6.45, 7) is 2.58. The number of rotatable bonds is 3. The van der Waals surface area contributed by atoms with Crippen LogP contribution in [0.4, 0.5) is 0 Å². The van der Waals surface area contributed by atoms with Crippen LogP contribution < -0.4 is 4.74 Å². The number of nitrogens with zero attached hydrogens (tertiary/aromatic N) is 1. The second kappa shape index (κ2) is 6.52. The first-order chi connectivity index (χ1) is 11.8. The van der Waals surface area contributed by atoms with Crippen molar-refractivity contribution in [1.82, 2.24) is 4.90 Å². The number of sulfone groups is 1. The molecule has 1 aliphatic rings. The minimum Gasteiger partial charge on any atom is -0.497 e. The zero-order chi connectivity index (χ0) is 18.2. The van der Waals surface area contributed by atoms with Gasteiger partial charge in [-0.1, -0.05) is 12.1 Å². The quantitative estimate of drug-likeness (QED) is 0.845. The second-order valence-corrected chi connectivity index (χ2v) is 8.30. The number of benzene rings is 2. The molecular formula is C19H21NO4S. The second-order valence-electron chi connectivity index (χ2n) is 6.29. The summed E-state index contributed by atoms with van der Waals surface area (Å²) in [5.41, 5.74) is 2.67. The van der Waals surface area contributed by atoms with Crippen LogP contribution in [0, 0.1) is 0 Å². The summed E-state index contributed by atoms with van der Waals surface area (Å²) in [6.07, 6.45) is 1.91. The summed E-state index contributed by atoms with van der Waals surface area (Å²) in [7, 11) is -1.73. The van der Waals surface area contributed by atoms with Crippen molar-refractivity contribution in [1.29, 1.82) is 0 Å². The fraction of sp³-hybridized carbons (Fsp3) is 0.316. The maximum Gasteiger partial charge on any atom is 0.254 e. The van der Waals surface area contributed by atoms with Crippen LogP contribution in [0.25, 0.3) is 0 Å². The molecule has 1 aliphatic heterocycles. The van der Waals surface area contributed by atoms with Crippen molar-refractivity contribution in [3.8, 4) is 5.75 Å². The van der Waals surface area contributed by atoms with Gasteiger partial charge in [0.25, 0.3) is 5.91 Å². The molecule has 6 heteroatoms. The molecule has 5 nitrogen and oxygen atoms in total. The predicted molar refractivity (Wildman–Crippen MR) is 95.7 cm³/mol. The van der Waals surface area contributed by atoms with E-state index in [1.165, 1.54) is 17.7 Å². The van der Waals surface area contributed by atoms with Crippen LogP contribution in [0.15, 0.2) is 47.4 Å².